The van der Waals surface area contributed by atoms with E-state index in [0.29, 0.717) is 11.3 Å². The van der Waals surface area contributed by atoms with Gasteiger partial charge in [0.2, 0.25) is 0 Å². The van der Waals surface area contributed by atoms with Crippen molar-refractivity contribution in [1.82, 2.24) is 9.80 Å². The first-order valence-corrected chi connectivity index (χ1v) is 8.84. The highest BCUT2D eigenvalue weighted by Gasteiger charge is 2.22. The number of benzene rings is 1. The van der Waals surface area contributed by atoms with Crippen molar-refractivity contribution in [2.45, 2.75) is 6.54 Å². The van der Waals surface area contributed by atoms with Crippen LogP contribution in [-0.2, 0) is 6.54 Å². The van der Waals surface area contributed by atoms with Crippen LogP contribution < -0.4 is 5.73 Å². The molecule has 1 aliphatic rings. The molecule has 0 spiro atoms. The van der Waals surface area contributed by atoms with Gasteiger partial charge in [0.1, 0.15) is 0 Å². The maximum Gasteiger partial charge on any atom is 0.253 e. The zero-order chi connectivity index (χ0) is 15.5. The monoisotopic (exact) mass is 379 g/mol. The number of hydrogen-bond acceptors (Lipinski definition) is 4. The van der Waals surface area contributed by atoms with E-state index >= 15 is 0 Å². The molecule has 4 nitrogen and oxygen atoms in total. The van der Waals surface area contributed by atoms with Gasteiger partial charge in [0.05, 0.1) is 3.79 Å². The zero-order valence-electron chi connectivity index (χ0n) is 12.2. The van der Waals surface area contributed by atoms with Gasteiger partial charge in [-0.15, -0.1) is 11.3 Å². The Morgan fingerprint density at radius 2 is 1.77 bits per heavy atom. The number of carbonyl (C=O) groups excluding carboxylic acids is 1. The molecule has 116 valence electrons. The normalized spacial score (nSPS) is 16.0. The third-order valence-corrected chi connectivity index (χ3v) is 5.43. The number of nitrogens with zero attached hydrogens (tertiary/aromatic N) is 2. The highest BCUT2D eigenvalue weighted by molar-refractivity contribution is 9.11. The number of rotatable bonds is 3. The Kier molecular flexibility index (Phi) is 4.81. The number of anilines is 1. The molecule has 1 aliphatic heterocycles. The summed E-state index contributed by atoms with van der Waals surface area (Å²) in [5, 5.41) is 0. The average molecular weight is 380 g/mol. The molecule has 0 unspecified atom stereocenters. The van der Waals surface area contributed by atoms with Crippen molar-refractivity contribution in [2.75, 3.05) is 31.9 Å². The van der Waals surface area contributed by atoms with Gasteiger partial charge < -0.3 is 10.6 Å². The molecular weight excluding hydrogens is 362 g/mol. The van der Waals surface area contributed by atoms with Gasteiger partial charge in [0.15, 0.2) is 0 Å². The van der Waals surface area contributed by atoms with Crippen molar-refractivity contribution < 1.29 is 4.79 Å². The molecule has 1 aromatic heterocycles. The molecular formula is C16H18BrN3OS. The van der Waals surface area contributed by atoms with Crippen LogP contribution in [-0.4, -0.2) is 41.9 Å². The summed E-state index contributed by atoms with van der Waals surface area (Å²) < 4.78 is 1.17. The van der Waals surface area contributed by atoms with E-state index in [2.05, 4.69) is 33.0 Å². The van der Waals surface area contributed by atoms with E-state index in [0.717, 1.165) is 32.7 Å². The van der Waals surface area contributed by atoms with Crippen LogP contribution >= 0.6 is 27.3 Å². The third-order valence-electron chi connectivity index (χ3n) is 3.83. The number of nitrogens with two attached hydrogens (primary N) is 1. The summed E-state index contributed by atoms with van der Waals surface area (Å²) in [5.41, 5.74) is 7.06. The molecule has 0 bridgehead atoms. The van der Waals surface area contributed by atoms with Crippen molar-refractivity contribution in [1.29, 1.82) is 0 Å². The third kappa shape index (κ3) is 3.69. The second-order valence-corrected chi connectivity index (χ2v) is 7.94. The minimum Gasteiger partial charge on any atom is -0.399 e. The maximum atomic E-state index is 12.4. The van der Waals surface area contributed by atoms with Crippen LogP contribution in [0.5, 0.6) is 0 Å². The Morgan fingerprint density at radius 3 is 2.36 bits per heavy atom. The SMILES string of the molecule is Nc1ccc(C(=O)N2CCN(Cc3ccc(Br)s3)CC2)cc1. The number of halogens is 1. The molecule has 1 aromatic carbocycles. The first-order valence-electron chi connectivity index (χ1n) is 7.23. The van der Waals surface area contributed by atoms with Gasteiger partial charge in [0.25, 0.3) is 5.91 Å². The van der Waals surface area contributed by atoms with E-state index in [4.69, 9.17) is 5.73 Å². The van der Waals surface area contributed by atoms with Gasteiger partial charge in [-0.05, 0) is 52.3 Å². The Hall–Kier alpha value is -1.37. The smallest absolute Gasteiger partial charge is 0.253 e. The van der Waals surface area contributed by atoms with Crippen molar-refractivity contribution in [3.8, 4) is 0 Å². The fourth-order valence-corrected chi connectivity index (χ4v) is 4.10. The van der Waals surface area contributed by atoms with Crippen molar-refractivity contribution in [2.24, 2.45) is 0 Å². The minimum atomic E-state index is 0.0959. The van der Waals surface area contributed by atoms with Gasteiger partial charge in [-0.2, -0.15) is 0 Å². The molecule has 1 fully saturated rings. The predicted octanol–water partition coefficient (Wildman–Crippen LogP) is 3.05. The quantitative estimate of drug-likeness (QED) is 0.833. The minimum absolute atomic E-state index is 0.0959. The van der Waals surface area contributed by atoms with E-state index < -0.39 is 0 Å². The summed E-state index contributed by atoms with van der Waals surface area (Å²) in [4.78, 5) is 18.1. The van der Waals surface area contributed by atoms with Gasteiger partial charge in [-0.1, -0.05) is 0 Å². The number of thiophene rings is 1. The molecule has 0 atom stereocenters. The van der Waals surface area contributed by atoms with E-state index in [-0.39, 0.29) is 5.91 Å². The van der Waals surface area contributed by atoms with Gasteiger partial charge in [0, 0.05) is 48.9 Å². The fourth-order valence-electron chi connectivity index (χ4n) is 2.57. The van der Waals surface area contributed by atoms with Crippen LogP contribution in [0, 0.1) is 0 Å². The van der Waals surface area contributed by atoms with E-state index in [1.54, 1.807) is 35.6 Å². The molecule has 2 aromatic rings. The molecule has 6 heteroatoms. The molecule has 0 radical (unpaired) electrons. The molecule has 1 saturated heterocycles. The lowest BCUT2D eigenvalue weighted by Crippen LogP contribution is -2.48. The van der Waals surface area contributed by atoms with Gasteiger partial charge in [-0.3, -0.25) is 9.69 Å². The largest absolute Gasteiger partial charge is 0.399 e. The molecule has 0 saturated carbocycles. The maximum absolute atomic E-state index is 12.4. The Morgan fingerprint density at radius 1 is 1.09 bits per heavy atom. The molecule has 22 heavy (non-hydrogen) atoms. The van der Waals surface area contributed by atoms with Crippen LogP contribution in [0.4, 0.5) is 5.69 Å². The summed E-state index contributed by atoms with van der Waals surface area (Å²) >= 11 is 5.26. The lowest BCUT2D eigenvalue weighted by Gasteiger charge is -2.34. The second-order valence-electron chi connectivity index (χ2n) is 5.40. The highest BCUT2D eigenvalue weighted by Crippen LogP contribution is 2.23. The lowest BCUT2D eigenvalue weighted by atomic mass is 10.1. The number of carbonyl (C=O) groups is 1. The van der Waals surface area contributed by atoms with Crippen LogP contribution in [0.2, 0.25) is 0 Å². The summed E-state index contributed by atoms with van der Waals surface area (Å²) in [6.45, 7) is 4.33. The van der Waals surface area contributed by atoms with E-state index in [1.807, 2.05) is 4.90 Å². The van der Waals surface area contributed by atoms with E-state index in [1.165, 1.54) is 8.66 Å². The van der Waals surface area contributed by atoms with Crippen molar-refractivity contribution in [3.63, 3.8) is 0 Å². The fraction of sp³-hybridized carbons (Fsp3) is 0.312. The van der Waals surface area contributed by atoms with Crippen LogP contribution in [0.15, 0.2) is 40.2 Å². The summed E-state index contributed by atoms with van der Waals surface area (Å²) in [6.07, 6.45) is 0. The average Bonchev–Trinajstić information content (AvgIpc) is 2.93. The number of nitrogen functional groups attached to an aromatic ring is 1. The van der Waals surface area contributed by atoms with Gasteiger partial charge in [-0.25, -0.2) is 0 Å². The van der Waals surface area contributed by atoms with Crippen molar-refractivity contribution in [3.05, 3.63) is 50.6 Å². The highest BCUT2D eigenvalue weighted by atomic mass is 79.9. The number of hydrogen-bond donors (Lipinski definition) is 1. The van der Waals surface area contributed by atoms with Crippen LogP contribution in [0.3, 0.4) is 0 Å². The second kappa shape index (κ2) is 6.81. The summed E-state index contributed by atoms with van der Waals surface area (Å²) in [7, 11) is 0. The van der Waals surface area contributed by atoms with Crippen molar-refractivity contribution >= 4 is 38.9 Å². The number of amides is 1. The zero-order valence-corrected chi connectivity index (χ0v) is 14.6. The summed E-state index contributed by atoms with van der Waals surface area (Å²) in [6, 6.07) is 11.4. The van der Waals surface area contributed by atoms with Crippen LogP contribution in [0.1, 0.15) is 15.2 Å². The standard InChI is InChI=1S/C16H18BrN3OS/c17-15-6-5-14(22-15)11-19-7-9-20(10-8-19)16(21)12-1-3-13(18)4-2-12/h1-6H,7-11,18H2. The lowest BCUT2D eigenvalue weighted by molar-refractivity contribution is 0.0629. The molecule has 2 N–H and O–H groups in total. The van der Waals surface area contributed by atoms with Gasteiger partial charge >= 0.3 is 0 Å². The molecule has 2 heterocycles. The number of piperazine rings is 1. The first kappa shape index (κ1) is 15.5. The first-order chi connectivity index (χ1) is 10.6. The van der Waals surface area contributed by atoms with Crippen LogP contribution in [0.25, 0.3) is 0 Å². The Bertz CT molecular complexity index is 648. The molecule has 0 aliphatic carbocycles. The molecule has 3 rings (SSSR count). The predicted molar refractivity (Wildman–Crippen MR) is 94.1 cm³/mol. The molecule has 1 amide bonds. The Balaban J connectivity index is 1.55. The summed E-state index contributed by atoms with van der Waals surface area (Å²) in [5.74, 6) is 0.0959. The topological polar surface area (TPSA) is 49.6 Å². The Labute approximate surface area is 142 Å². The van der Waals surface area contributed by atoms with E-state index in [9.17, 15) is 4.79 Å².